The zero-order chi connectivity index (χ0) is 24.4. The molecule has 1 N–H and O–H groups in total. The smallest absolute Gasteiger partial charge is 0.309 e. The molecule has 0 saturated heterocycles. The summed E-state index contributed by atoms with van der Waals surface area (Å²) in [6.45, 7) is 6.25. The highest BCUT2D eigenvalue weighted by Crippen LogP contribution is 2.40. The van der Waals surface area contributed by atoms with Gasteiger partial charge in [0.1, 0.15) is 11.5 Å². The van der Waals surface area contributed by atoms with Gasteiger partial charge >= 0.3 is 5.97 Å². The Kier molecular flexibility index (Phi) is 6.77. The van der Waals surface area contributed by atoms with Crippen molar-refractivity contribution in [3.05, 3.63) is 70.7 Å². The van der Waals surface area contributed by atoms with Crippen molar-refractivity contribution >= 4 is 28.4 Å². The largest absolute Gasteiger partial charge is 0.466 e. The Bertz CT molecular complexity index is 1310. The lowest BCUT2D eigenvalue weighted by atomic mass is 9.82. The number of hydrogen-bond acceptors (Lipinski definition) is 4. The lowest BCUT2D eigenvalue weighted by molar-refractivity contribution is -0.148. The van der Waals surface area contributed by atoms with Gasteiger partial charge in [0.05, 0.1) is 18.0 Å². The average molecular weight is 461 g/mol. The molecule has 0 radical (unpaired) electrons. The van der Waals surface area contributed by atoms with Crippen LogP contribution in [0.1, 0.15) is 53.4 Å². The molecule has 0 bridgehead atoms. The first-order valence-electron chi connectivity index (χ1n) is 11.6. The van der Waals surface area contributed by atoms with Gasteiger partial charge in [0, 0.05) is 18.0 Å². The van der Waals surface area contributed by atoms with E-state index in [0.717, 1.165) is 34.9 Å². The van der Waals surface area contributed by atoms with E-state index in [9.17, 15) is 14.0 Å². The molecule has 0 aliphatic heterocycles. The van der Waals surface area contributed by atoms with Gasteiger partial charge in [0.25, 0.3) is 5.91 Å². The number of carbonyl (C=O) groups excluding carboxylic acids is 2. The van der Waals surface area contributed by atoms with Gasteiger partial charge in [-0.1, -0.05) is 24.3 Å². The first-order valence-corrected chi connectivity index (χ1v) is 11.6. The fourth-order valence-corrected chi connectivity index (χ4v) is 4.93. The minimum absolute atomic E-state index is 0.115. The predicted octanol–water partition coefficient (Wildman–Crippen LogP) is 5.76. The molecule has 0 saturated carbocycles. The van der Waals surface area contributed by atoms with Crippen molar-refractivity contribution in [2.75, 3.05) is 13.7 Å². The van der Waals surface area contributed by atoms with Gasteiger partial charge in [-0.25, -0.2) is 9.37 Å². The molecule has 176 valence electrons. The summed E-state index contributed by atoms with van der Waals surface area (Å²) in [5, 5.41) is 3.44. The summed E-state index contributed by atoms with van der Waals surface area (Å²) in [4.78, 5) is 29.2. The van der Waals surface area contributed by atoms with E-state index in [1.807, 2.05) is 26.8 Å². The van der Waals surface area contributed by atoms with Crippen molar-refractivity contribution in [3.8, 4) is 11.1 Å². The Hall–Kier alpha value is -3.54. The molecule has 5 nitrogen and oxygen atoms in total. The van der Waals surface area contributed by atoms with Crippen LogP contribution in [0.4, 0.5) is 4.39 Å². The number of ether oxygens (including phenoxy) is 1. The van der Waals surface area contributed by atoms with E-state index in [2.05, 4.69) is 16.4 Å². The van der Waals surface area contributed by atoms with E-state index in [4.69, 9.17) is 4.74 Å². The number of nitrogens with one attached hydrogen (secondary N) is 1. The molecule has 1 atom stereocenters. The molecule has 1 amide bonds. The van der Waals surface area contributed by atoms with Crippen LogP contribution >= 0.6 is 0 Å². The Morgan fingerprint density at radius 1 is 1.18 bits per heavy atom. The molecule has 34 heavy (non-hydrogen) atoms. The van der Waals surface area contributed by atoms with Crippen LogP contribution in [-0.4, -0.2) is 30.5 Å². The summed E-state index contributed by atoms with van der Waals surface area (Å²) < 4.78 is 20.1. The summed E-state index contributed by atoms with van der Waals surface area (Å²) in [6.07, 6.45) is 4.26. The minimum Gasteiger partial charge on any atom is -0.466 e. The van der Waals surface area contributed by atoms with Crippen molar-refractivity contribution in [3.63, 3.8) is 0 Å². The molecular formula is C28H29FN2O3. The van der Waals surface area contributed by atoms with Crippen molar-refractivity contribution in [1.82, 2.24) is 10.3 Å². The van der Waals surface area contributed by atoms with Crippen molar-refractivity contribution in [2.24, 2.45) is 5.92 Å². The third-order valence-corrected chi connectivity index (χ3v) is 6.52. The number of esters is 1. The molecule has 2 aromatic carbocycles. The fraction of sp³-hybridized carbons (Fsp3) is 0.321. The maximum Gasteiger partial charge on any atom is 0.309 e. The normalized spacial score (nSPS) is 15.7. The molecular weight excluding hydrogens is 431 g/mol. The molecule has 1 aliphatic carbocycles. The van der Waals surface area contributed by atoms with Crippen LogP contribution in [0.5, 0.6) is 0 Å². The van der Waals surface area contributed by atoms with Gasteiger partial charge in [-0.3, -0.25) is 9.59 Å². The van der Waals surface area contributed by atoms with Gasteiger partial charge in [-0.15, -0.1) is 0 Å². The summed E-state index contributed by atoms with van der Waals surface area (Å²) in [5.74, 6) is -0.930. The summed E-state index contributed by atoms with van der Waals surface area (Å²) in [7, 11) is 1.55. The van der Waals surface area contributed by atoms with Crippen LogP contribution in [0.3, 0.4) is 0 Å². The van der Waals surface area contributed by atoms with Gasteiger partial charge in [-0.2, -0.15) is 0 Å². The summed E-state index contributed by atoms with van der Waals surface area (Å²) in [6, 6.07) is 10.2. The van der Waals surface area contributed by atoms with Gasteiger partial charge in [0.15, 0.2) is 0 Å². The van der Waals surface area contributed by atoms with Crippen molar-refractivity contribution in [1.29, 1.82) is 0 Å². The number of nitrogens with zero attached hydrogens (tertiary/aromatic N) is 1. The maximum atomic E-state index is 14.9. The molecule has 1 aliphatic rings. The highest BCUT2D eigenvalue weighted by atomic mass is 19.1. The monoisotopic (exact) mass is 460 g/mol. The van der Waals surface area contributed by atoms with Crippen LogP contribution in [0.2, 0.25) is 0 Å². The fourth-order valence-electron chi connectivity index (χ4n) is 4.93. The third-order valence-electron chi connectivity index (χ3n) is 6.52. The first kappa shape index (κ1) is 23.6. The second-order valence-corrected chi connectivity index (χ2v) is 8.65. The predicted molar refractivity (Wildman–Crippen MR) is 132 cm³/mol. The Morgan fingerprint density at radius 3 is 2.59 bits per heavy atom. The lowest BCUT2D eigenvalue weighted by Gasteiger charge is -2.24. The van der Waals surface area contributed by atoms with E-state index in [1.54, 1.807) is 31.3 Å². The second kappa shape index (κ2) is 9.75. The van der Waals surface area contributed by atoms with Crippen LogP contribution in [0.15, 0.2) is 42.5 Å². The van der Waals surface area contributed by atoms with Gasteiger partial charge in [-0.05, 0) is 86.1 Å². The van der Waals surface area contributed by atoms with E-state index < -0.39 is 0 Å². The van der Waals surface area contributed by atoms with Crippen molar-refractivity contribution < 1.29 is 18.7 Å². The van der Waals surface area contributed by atoms with Crippen LogP contribution < -0.4 is 5.32 Å². The van der Waals surface area contributed by atoms with E-state index >= 15 is 0 Å². The second-order valence-electron chi connectivity index (χ2n) is 8.65. The molecule has 1 aromatic heterocycles. The zero-order valence-electron chi connectivity index (χ0n) is 20.0. The topological polar surface area (TPSA) is 68.3 Å². The number of aryl methyl sites for hydroxylation is 2. The van der Waals surface area contributed by atoms with Crippen LogP contribution in [0.25, 0.3) is 27.6 Å². The SMILES string of the molecule is CCOC(=O)C1CC=C(c2c(C)cc3nc(C(=O)NC)cc(-c4ccccc4F)c3c2C)CC1. The Balaban J connectivity index is 1.90. The quantitative estimate of drug-likeness (QED) is 0.491. The molecule has 6 heteroatoms. The number of benzene rings is 2. The number of fused-ring (bicyclic) bond motifs is 1. The molecule has 3 aromatic rings. The third kappa shape index (κ3) is 4.32. The minimum atomic E-state index is -0.353. The van der Waals surface area contributed by atoms with Crippen molar-refractivity contribution in [2.45, 2.75) is 40.0 Å². The number of amides is 1. The number of carbonyl (C=O) groups is 2. The summed E-state index contributed by atoms with van der Waals surface area (Å²) in [5.41, 5.74) is 6.26. The van der Waals surface area contributed by atoms with Crippen LogP contribution in [-0.2, 0) is 9.53 Å². The first-order chi connectivity index (χ1) is 16.3. The van der Waals surface area contributed by atoms with Gasteiger partial charge < -0.3 is 10.1 Å². The number of halogens is 1. The zero-order valence-corrected chi connectivity index (χ0v) is 20.0. The number of allylic oxidation sites excluding steroid dienone is 2. The highest BCUT2D eigenvalue weighted by Gasteiger charge is 2.26. The van der Waals surface area contributed by atoms with E-state index in [1.165, 1.54) is 11.6 Å². The molecule has 4 rings (SSSR count). The highest BCUT2D eigenvalue weighted by molar-refractivity contribution is 6.04. The maximum absolute atomic E-state index is 14.9. The van der Waals surface area contributed by atoms with Gasteiger partial charge in [0.2, 0.25) is 0 Å². The standard InChI is InChI=1S/C28H29FN2O3/c1-5-34-28(33)19-12-10-18(11-13-19)25-16(2)14-23-26(17(25)3)21(15-24(31-23)27(32)30-4)20-8-6-7-9-22(20)29/h6-10,14-15,19H,5,11-13H2,1-4H3,(H,30,32). The number of pyridine rings is 1. The van der Waals surface area contributed by atoms with E-state index in [-0.39, 0.29) is 29.3 Å². The Morgan fingerprint density at radius 2 is 1.94 bits per heavy atom. The molecule has 1 unspecified atom stereocenters. The van der Waals surface area contributed by atoms with Crippen LogP contribution in [0, 0.1) is 25.6 Å². The van der Waals surface area contributed by atoms with E-state index in [0.29, 0.717) is 29.7 Å². The number of rotatable bonds is 5. The summed E-state index contributed by atoms with van der Waals surface area (Å²) >= 11 is 0. The molecule has 0 fully saturated rings. The molecule has 1 heterocycles. The molecule has 0 spiro atoms. The number of hydrogen-bond donors (Lipinski definition) is 1. The Labute approximate surface area is 199 Å². The lowest BCUT2D eigenvalue weighted by Crippen LogP contribution is -2.20. The number of aromatic nitrogens is 1. The average Bonchev–Trinajstić information content (AvgIpc) is 2.83.